The fourth-order valence-corrected chi connectivity index (χ4v) is 1.49. The Kier molecular flexibility index (Phi) is 7.31. The topological polar surface area (TPSA) is 0 Å². The Hall–Kier alpha value is 0.390. The van der Waals surface area contributed by atoms with Crippen molar-refractivity contribution in [1.29, 1.82) is 0 Å². The summed E-state index contributed by atoms with van der Waals surface area (Å²) in [5.41, 5.74) is 0. The van der Waals surface area contributed by atoms with E-state index in [9.17, 15) is 0 Å². The van der Waals surface area contributed by atoms with E-state index in [1.807, 2.05) is 5.14 Å². The van der Waals surface area contributed by atoms with Crippen LogP contribution in [0, 0.1) is 0 Å². The molecule has 0 N–H and O–H groups in total. The van der Waals surface area contributed by atoms with Gasteiger partial charge in [-0.2, -0.15) is 0 Å². The van der Waals surface area contributed by atoms with E-state index >= 15 is 0 Å². The number of rotatable bonds is 1. The van der Waals surface area contributed by atoms with Crippen molar-refractivity contribution in [2.24, 2.45) is 0 Å². The van der Waals surface area contributed by atoms with Crippen LogP contribution in [0.15, 0.2) is 30.3 Å². The second-order valence-electron chi connectivity index (χ2n) is 2.23. The molecule has 11 heavy (non-hydrogen) atoms. The quantitative estimate of drug-likeness (QED) is 0.540. The summed E-state index contributed by atoms with van der Waals surface area (Å²) in [4.78, 5) is 0. The van der Waals surface area contributed by atoms with Crippen molar-refractivity contribution in [3.05, 3.63) is 30.3 Å². The van der Waals surface area contributed by atoms with Gasteiger partial charge in [0.1, 0.15) is 0 Å². The molecule has 66 valence electrons. The summed E-state index contributed by atoms with van der Waals surface area (Å²) in [6.45, 7) is 4.54. The zero-order chi connectivity index (χ0) is 8.69. The zero-order valence-electron chi connectivity index (χ0n) is 7.14. The van der Waals surface area contributed by atoms with Crippen LogP contribution in [0.1, 0.15) is 0 Å². The molecule has 0 spiro atoms. The molecule has 2 heteroatoms. The van der Waals surface area contributed by atoms with E-state index < -0.39 is 0 Å². The van der Waals surface area contributed by atoms with Gasteiger partial charge in [0.2, 0.25) is 0 Å². The van der Waals surface area contributed by atoms with Gasteiger partial charge in [0.05, 0.1) is 0 Å². The molecule has 0 saturated heterocycles. The van der Waals surface area contributed by atoms with Crippen LogP contribution < -0.4 is 5.30 Å². The van der Waals surface area contributed by atoms with Crippen LogP contribution >= 0.6 is 7.92 Å². The Labute approximate surface area is 83.1 Å². The van der Waals surface area contributed by atoms with E-state index in [0.717, 1.165) is 0 Å². The molecule has 1 aromatic carbocycles. The fraction of sp³-hybridized carbons (Fsp3) is 0.333. The van der Waals surface area contributed by atoms with Crippen molar-refractivity contribution in [2.75, 3.05) is 13.3 Å². The number of hydrogen-bond donors (Lipinski definition) is 0. The van der Waals surface area contributed by atoms with Gasteiger partial charge >= 0.3 is 26.2 Å². The van der Waals surface area contributed by atoms with Crippen LogP contribution in [0.2, 0.25) is 5.14 Å². The monoisotopic (exact) mass is 350 g/mol. The number of hydrogen-bond acceptors (Lipinski definition) is 0. The summed E-state index contributed by atoms with van der Waals surface area (Å²) >= 11 is 2.28. The van der Waals surface area contributed by atoms with E-state index in [1.165, 1.54) is 5.30 Å². The molecular weight excluding hydrogens is 336 g/mol. The van der Waals surface area contributed by atoms with Gasteiger partial charge in [-0.3, -0.25) is 0 Å². The van der Waals surface area contributed by atoms with Gasteiger partial charge in [-0.25, -0.2) is 0 Å². The maximum absolute atomic E-state index is 2.28. The van der Waals surface area contributed by atoms with Gasteiger partial charge in [0.25, 0.3) is 0 Å². The molecule has 0 unspecified atom stereocenters. The van der Waals surface area contributed by atoms with Crippen molar-refractivity contribution in [3.8, 4) is 0 Å². The van der Waals surface area contributed by atoms with Crippen LogP contribution in [0.3, 0.4) is 0 Å². The zero-order valence-corrected chi connectivity index (χ0v) is 10.2. The summed E-state index contributed by atoms with van der Waals surface area (Å²) in [6, 6.07) is 10.6. The maximum atomic E-state index is 2.28. The van der Waals surface area contributed by atoms with Crippen LogP contribution in [0.5, 0.6) is 0 Å². The molecule has 1 aromatic rings. The first-order chi connectivity index (χ1) is 5.30. The SMILES string of the molecule is CP(C)c1ccccc1.[CH3][Au]. The van der Waals surface area contributed by atoms with Crippen LogP contribution in [0.4, 0.5) is 0 Å². The molecule has 0 aliphatic carbocycles. The molecule has 0 fully saturated rings. The molecule has 0 aromatic heterocycles. The van der Waals surface area contributed by atoms with Gasteiger partial charge in [-0.05, 0) is 18.6 Å². The standard InChI is InChI=1S/C8H11P.CH3.Au/c1-9(2)8-6-4-3-5-7-8;;/h3-7H,1-2H3;1H3;. The summed E-state index contributed by atoms with van der Waals surface area (Å²) < 4.78 is 0. The molecule has 0 atom stereocenters. The van der Waals surface area contributed by atoms with Gasteiger partial charge in [0.15, 0.2) is 0 Å². The van der Waals surface area contributed by atoms with Crippen molar-refractivity contribution < 1.29 is 21.1 Å². The average Bonchev–Trinajstić information content (AvgIpc) is 2.10. The van der Waals surface area contributed by atoms with Gasteiger partial charge in [-0.1, -0.05) is 38.3 Å². The summed E-state index contributed by atoms with van der Waals surface area (Å²) in [5, 5.41) is 3.42. The van der Waals surface area contributed by atoms with E-state index in [2.05, 4.69) is 64.7 Å². The van der Waals surface area contributed by atoms with Gasteiger partial charge < -0.3 is 0 Å². The fourth-order valence-electron chi connectivity index (χ4n) is 0.726. The molecule has 0 nitrogen and oxygen atoms in total. The third kappa shape index (κ3) is 4.76. The average molecular weight is 350 g/mol. The first kappa shape index (κ1) is 11.4. The van der Waals surface area contributed by atoms with Crippen molar-refractivity contribution >= 4 is 13.2 Å². The molecule has 0 bridgehead atoms. The van der Waals surface area contributed by atoms with Crippen molar-refractivity contribution in [2.45, 2.75) is 5.14 Å². The second-order valence-corrected chi connectivity index (χ2v) is 4.54. The minimum absolute atomic E-state index is 0.104. The molecule has 1 rings (SSSR count). The third-order valence-electron chi connectivity index (χ3n) is 1.27. The Morgan fingerprint density at radius 3 is 1.73 bits per heavy atom. The molecule has 0 aliphatic rings. The van der Waals surface area contributed by atoms with Crippen molar-refractivity contribution in [1.82, 2.24) is 0 Å². The summed E-state index contributed by atoms with van der Waals surface area (Å²) in [6.07, 6.45) is 0. The van der Waals surface area contributed by atoms with Crippen molar-refractivity contribution in [3.63, 3.8) is 0 Å². The Morgan fingerprint density at radius 1 is 1.00 bits per heavy atom. The normalized spacial score (nSPS) is 8.91. The van der Waals surface area contributed by atoms with Crippen LogP contribution in [-0.4, -0.2) is 13.3 Å². The first-order valence-corrected chi connectivity index (χ1v) is 7.73. The minimum atomic E-state index is 0.104. The van der Waals surface area contributed by atoms with E-state index in [0.29, 0.717) is 0 Å². The first-order valence-electron chi connectivity index (χ1n) is 3.33. The molecule has 0 radical (unpaired) electrons. The predicted molar refractivity (Wildman–Crippen MR) is 50.7 cm³/mol. The second kappa shape index (κ2) is 7.06. The molecule has 0 heterocycles. The Morgan fingerprint density at radius 2 is 1.45 bits per heavy atom. The van der Waals surface area contributed by atoms with E-state index in [1.54, 1.807) is 0 Å². The van der Waals surface area contributed by atoms with E-state index in [-0.39, 0.29) is 7.92 Å². The molecule has 0 aliphatic heterocycles. The summed E-state index contributed by atoms with van der Waals surface area (Å²) in [5.74, 6) is 0. The predicted octanol–water partition coefficient (Wildman–Crippen LogP) is 2.63. The Balaban J connectivity index is 0.000000461. The number of benzene rings is 1. The van der Waals surface area contributed by atoms with Gasteiger partial charge in [0, 0.05) is 0 Å². The third-order valence-corrected chi connectivity index (χ3v) is 2.60. The molecule has 0 saturated carbocycles. The Bertz CT molecular complexity index is 172. The van der Waals surface area contributed by atoms with Crippen LogP contribution in [0.25, 0.3) is 0 Å². The van der Waals surface area contributed by atoms with Gasteiger partial charge in [-0.15, -0.1) is 0 Å². The van der Waals surface area contributed by atoms with E-state index in [4.69, 9.17) is 0 Å². The molecule has 0 amide bonds. The van der Waals surface area contributed by atoms with Crippen LogP contribution in [-0.2, 0) is 21.1 Å². The molecular formula is C9H14AuP. The summed E-state index contributed by atoms with van der Waals surface area (Å²) in [7, 11) is 0.104.